The number of Topliss-reactive ketones (excluding diaryl/α,β-unsaturated/α-hetero) is 1. The highest BCUT2D eigenvalue weighted by Gasteiger charge is 2.64. The van der Waals surface area contributed by atoms with E-state index in [0.29, 0.717) is 25.2 Å². The van der Waals surface area contributed by atoms with Crippen LogP contribution in [-0.4, -0.2) is 239 Å². The maximum Gasteiger partial charge on any atom is 0.187 e. The molecule has 23 nitrogen and oxygen atoms in total. The molecule has 28 unspecified atom stereocenters. The topological polar surface area (TPSA) is 374 Å². The van der Waals surface area contributed by atoms with Gasteiger partial charge in [0.1, 0.15) is 103 Å². The van der Waals surface area contributed by atoms with Crippen LogP contribution in [0.5, 0.6) is 0 Å². The van der Waals surface area contributed by atoms with Crippen LogP contribution in [0.4, 0.5) is 0 Å². The first kappa shape index (κ1) is 57.7. The van der Waals surface area contributed by atoms with E-state index >= 15 is 0 Å². The number of aliphatic hydroxyl groups is 14. The number of carbonyl (C=O) groups excluding carboxylic acids is 1. The summed E-state index contributed by atoms with van der Waals surface area (Å²) in [5, 5.41) is 151. The highest BCUT2D eigenvalue weighted by molar-refractivity contribution is 5.85. The van der Waals surface area contributed by atoms with Gasteiger partial charge in [-0.1, -0.05) is 46.6 Å². The fourth-order valence-corrected chi connectivity index (χ4v) is 14.1. The van der Waals surface area contributed by atoms with Gasteiger partial charge in [-0.2, -0.15) is 0 Å². The number of hydrogen-bond donors (Lipinski definition) is 14. The molecular formula is C50H82O23. The maximum atomic E-state index is 14.1. The average Bonchev–Trinajstić information content (AvgIpc) is 3.64. The van der Waals surface area contributed by atoms with Crippen molar-refractivity contribution in [1.82, 2.24) is 0 Å². The van der Waals surface area contributed by atoms with Crippen molar-refractivity contribution in [1.29, 1.82) is 0 Å². The molecule has 420 valence electrons. The lowest BCUT2D eigenvalue weighted by molar-refractivity contribution is -0.397. The van der Waals surface area contributed by atoms with Crippen molar-refractivity contribution in [2.45, 2.75) is 214 Å². The Kier molecular flexibility index (Phi) is 18.6. The predicted octanol–water partition coefficient (Wildman–Crippen LogP) is -3.55. The van der Waals surface area contributed by atoms with Gasteiger partial charge in [0.2, 0.25) is 0 Å². The molecule has 0 bridgehead atoms. The van der Waals surface area contributed by atoms with Crippen molar-refractivity contribution in [3.05, 3.63) is 11.6 Å². The Morgan fingerprint density at radius 3 is 1.81 bits per heavy atom. The first-order valence-electron chi connectivity index (χ1n) is 26.3. The molecule has 0 aromatic rings. The molecule has 3 saturated carbocycles. The first-order valence-corrected chi connectivity index (χ1v) is 26.3. The second-order valence-electron chi connectivity index (χ2n) is 23.0. The number of ether oxygens (including phenoxy) is 8. The van der Waals surface area contributed by atoms with E-state index in [1.165, 1.54) is 0 Å². The van der Waals surface area contributed by atoms with E-state index in [1.54, 1.807) is 0 Å². The molecule has 0 radical (unpaired) electrons. The van der Waals surface area contributed by atoms with Gasteiger partial charge < -0.3 is 109 Å². The summed E-state index contributed by atoms with van der Waals surface area (Å²) < 4.78 is 47.7. The molecule has 8 rings (SSSR count). The van der Waals surface area contributed by atoms with Crippen LogP contribution < -0.4 is 0 Å². The Balaban J connectivity index is 1.03. The van der Waals surface area contributed by atoms with E-state index in [9.17, 15) is 76.3 Å². The third kappa shape index (κ3) is 10.9. The minimum Gasteiger partial charge on any atom is -0.396 e. The molecule has 28 atom stereocenters. The second kappa shape index (κ2) is 23.5. The molecule has 0 aromatic heterocycles. The van der Waals surface area contributed by atoms with E-state index in [4.69, 9.17) is 37.9 Å². The van der Waals surface area contributed by atoms with Crippen LogP contribution in [0.1, 0.15) is 85.5 Å². The monoisotopic (exact) mass is 1050 g/mol. The highest BCUT2D eigenvalue weighted by Crippen LogP contribution is 2.66. The van der Waals surface area contributed by atoms with Crippen molar-refractivity contribution >= 4 is 5.78 Å². The minimum absolute atomic E-state index is 0.0344. The zero-order chi connectivity index (χ0) is 53.0. The Labute approximate surface area is 424 Å². The summed E-state index contributed by atoms with van der Waals surface area (Å²) in [5.74, 6) is 0.821. The highest BCUT2D eigenvalue weighted by atomic mass is 16.8. The van der Waals surface area contributed by atoms with E-state index < -0.39 is 161 Å². The van der Waals surface area contributed by atoms with Crippen molar-refractivity contribution in [2.75, 3.05) is 33.0 Å². The fraction of sp³-hybridized carbons (Fsp3) is 0.940. The quantitative estimate of drug-likeness (QED) is 0.0627. The number of fused-ring (bicyclic) bond motifs is 5. The normalized spacial score (nSPS) is 50.8. The van der Waals surface area contributed by atoms with Gasteiger partial charge in [0.05, 0.1) is 32.5 Å². The molecule has 0 aromatic carbocycles. The van der Waals surface area contributed by atoms with Crippen molar-refractivity contribution in [3.8, 4) is 0 Å². The summed E-state index contributed by atoms with van der Waals surface area (Å²) in [7, 11) is 0. The van der Waals surface area contributed by atoms with E-state index in [-0.39, 0.29) is 53.8 Å². The summed E-state index contributed by atoms with van der Waals surface area (Å²) in [4.78, 5) is 14.1. The first-order chi connectivity index (χ1) is 34.6. The standard InChI is InChI=1S/C50H82O23/c1-20(2)6-5-7-21(15-51)25-14-26(55)32-22-8-9-24-33(57)28(11-13-49(24,3)23(22)10-12-50(25,32)4)67-47-41(65)43(42(31(18-54)70-47)71-45-39(63)37(61)35(59)29(16-52)68-45)72-48-44(34(58)27(56)19-66-48)73-46-40(64)38(62)36(60)30(17-53)69-46/h9,20-23,25,27-48,51-54,56-65H,5-8,10-19H2,1-4H3. The molecule has 0 amide bonds. The summed E-state index contributed by atoms with van der Waals surface area (Å²) in [6, 6.07) is 0. The summed E-state index contributed by atoms with van der Waals surface area (Å²) in [6.07, 6.45) is -27.8. The number of ketones is 1. The van der Waals surface area contributed by atoms with Crippen LogP contribution in [0, 0.1) is 46.3 Å². The lowest BCUT2D eigenvalue weighted by atomic mass is 9.46. The fourth-order valence-electron chi connectivity index (χ4n) is 14.1. The minimum atomic E-state index is -1.98. The maximum absolute atomic E-state index is 14.1. The van der Waals surface area contributed by atoms with Crippen LogP contribution in [0.15, 0.2) is 11.6 Å². The molecule has 4 aliphatic heterocycles. The Hall–Kier alpha value is -1.47. The van der Waals surface area contributed by atoms with Gasteiger partial charge in [0.25, 0.3) is 0 Å². The van der Waals surface area contributed by atoms with Crippen LogP contribution in [0.25, 0.3) is 0 Å². The summed E-state index contributed by atoms with van der Waals surface area (Å²) >= 11 is 0. The summed E-state index contributed by atoms with van der Waals surface area (Å²) in [5.41, 5.74) is -0.0584. The third-order valence-electron chi connectivity index (χ3n) is 18.2. The lowest BCUT2D eigenvalue weighted by Gasteiger charge is -2.59. The molecule has 7 fully saturated rings. The SMILES string of the molecule is CC(C)CCCC(CO)C1CC(=O)C2C3CC=C4C(O)C(OC5OC(CO)C(OC6OC(CO)C(O)C(O)C6O)C(OC6OCC(O)C(O)C6OC6OC(CO)C(O)C(O)C6O)C5O)CCC4(C)C3CCC12C. The van der Waals surface area contributed by atoms with Gasteiger partial charge >= 0.3 is 0 Å². The van der Waals surface area contributed by atoms with Crippen LogP contribution in [0.2, 0.25) is 0 Å². The number of allylic oxidation sites excluding steroid dienone is 1. The summed E-state index contributed by atoms with van der Waals surface area (Å²) in [6.45, 7) is 5.63. The number of hydrogen-bond acceptors (Lipinski definition) is 23. The molecule has 4 aliphatic carbocycles. The largest absolute Gasteiger partial charge is 0.396 e. The zero-order valence-electron chi connectivity index (χ0n) is 42.0. The molecule has 14 N–H and O–H groups in total. The van der Waals surface area contributed by atoms with Gasteiger partial charge in [-0.05, 0) is 84.5 Å². The number of rotatable bonds is 17. The van der Waals surface area contributed by atoms with Crippen molar-refractivity contribution < 1.29 is 114 Å². The molecular weight excluding hydrogens is 969 g/mol. The predicted molar refractivity (Wildman–Crippen MR) is 247 cm³/mol. The smallest absolute Gasteiger partial charge is 0.187 e. The van der Waals surface area contributed by atoms with Gasteiger partial charge in [-0.15, -0.1) is 0 Å². The number of carbonyl (C=O) groups is 1. The molecule has 23 heteroatoms. The third-order valence-corrected chi connectivity index (χ3v) is 18.2. The lowest BCUT2D eigenvalue weighted by Crippen LogP contribution is -2.67. The van der Waals surface area contributed by atoms with Crippen LogP contribution in [-0.2, 0) is 42.7 Å². The van der Waals surface area contributed by atoms with E-state index in [0.717, 1.165) is 37.7 Å². The van der Waals surface area contributed by atoms with Crippen molar-refractivity contribution in [3.63, 3.8) is 0 Å². The zero-order valence-corrected chi connectivity index (χ0v) is 42.0. The molecule has 73 heavy (non-hydrogen) atoms. The number of aliphatic hydroxyl groups excluding tert-OH is 14. The van der Waals surface area contributed by atoms with Gasteiger partial charge in [0, 0.05) is 18.9 Å². The van der Waals surface area contributed by atoms with Gasteiger partial charge in [-0.3, -0.25) is 4.79 Å². The van der Waals surface area contributed by atoms with E-state index in [1.807, 2.05) is 6.08 Å². The molecule has 4 saturated heterocycles. The molecule has 0 spiro atoms. The Bertz CT molecular complexity index is 1860. The average molecular weight is 1050 g/mol. The molecule has 4 heterocycles. The van der Waals surface area contributed by atoms with Crippen molar-refractivity contribution in [2.24, 2.45) is 46.3 Å². The van der Waals surface area contributed by atoms with Crippen LogP contribution >= 0.6 is 0 Å². The van der Waals surface area contributed by atoms with E-state index in [2.05, 4.69) is 27.7 Å². The van der Waals surface area contributed by atoms with Gasteiger partial charge in [-0.25, -0.2) is 0 Å². The Morgan fingerprint density at radius 2 is 1.22 bits per heavy atom. The molecule has 8 aliphatic rings. The van der Waals surface area contributed by atoms with Gasteiger partial charge in [0.15, 0.2) is 25.2 Å². The second-order valence-corrected chi connectivity index (χ2v) is 23.0. The Morgan fingerprint density at radius 1 is 0.644 bits per heavy atom. The van der Waals surface area contributed by atoms with Crippen LogP contribution in [0.3, 0.4) is 0 Å².